The smallest absolute Gasteiger partial charge is 0.224 e. The summed E-state index contributed by atoms with van der Waals surface area (Å²) in [6.07, 6.45) is 0.504. The molecule has 0 spiro atoms. The first kappa shape index (κ1) is 9.68. The van der Waals surface area contributed by atoms with E-state index in [1.54, 1.807) is 11.3 Å². The van der Waals surface area contributed by atoms with Gasteiger partial charge >= 0.3 is 0 Å². The highest BCUT2D eigenvalue weighted by Gasteiger charge is 2.26. The van der Waals surface area contributed by atoms with Gasteiger partial charge in [0, 0.05) is 23.9 Å². The van der Waals surface area contributed by atoms with Gasteiger partial charge in [0.15, 0.2) is 0 Å². The van der Waals surface area contributed by atoms with Crippen molar-refractivity contribution >= 4 is 17.2 Å². The molecule has 1 aliphatic heterocycles. The summed E-state index contributed by atoms with van der Waals surface area (Å²) >= 11 is 1.70. The minimum absolute atomic E-state index is 0.0311. The van der Waals surface area contributed by atoms with Gasteiger partial charge in [-0.3, -0.25) is 4.79 Å². The molecule has 1 unspecified atom stereocenters. The highest BCUT2D eigenvalue weighted by Crippen LogP contribution is 2.19. The Morgan fingerprint density at radius 1 is 1.71 bits per heavy atom. The number of hydrogen-bond acceptors (Lipinski definition) is 3. The number of carbonyl (C=O) groups is 1. The lowest BCUT2D eigenvalue weighted by molar-refractivity contribution is -0.128. The van der Waals surface area contributed by atoms with E-state index in [1.165, 1.54) is 10.4 Å². The molecule has 1 saturated heterocycles. The van der Waals surface area contributed by atoms with Crippen molar-refractivity contribution in [2.45, 2.75) is 25.9 Å². The van der Waals surface area contributed by atoms with Gasteiger partial charge < -0.3 is 10.6 Å². The van der Waals surface area contributed by atoms with E-state index in [0.717, 1.165) is 6.54 Å². The van der Waals surface area contributed by atoms with E-state index >= 15 is 0 Å². The van der Waals surface area contributed by atoms with Crippen LogP contribution in [0.2, 0.25) is 0 Å². The molecule has 14 heavy (non-hydrogen) atoms. The molecule has 1 aliphatic rings. The zero-order valence-electron chi connectivity index (χ0n) is 8.19. The topological polar surface area (TPSA) is 46.3 Å². The van der Waals surface area contributed by atoms with Crippen LogP contribution < -0.4 is 5.73 Å². The molecule has 3 nitrogen and oxygen atoms in total. The molecule has 1 fully saturated rings. The lowest BCUT2D eigenvalue weighted by Crippen LogP contribution is -2.27. The molecule has 0 saturated carbocycles. The van der Waals surface area contributed by atoms with Crippen molar-refractivity contribution in [3.63, 3.8) is 0 Å². The number of nitrogens with two attached hydrogens (primary N) is 1. The Hall–Kier alpha value is -0.870. The summed E-state index contributed by atoms with van der Waals surface area (Å²) in [4.78, 5) is 14.5. The minimum Gasteiger partial charge on any atom is -0.336 e. The van der Waals surface area contributed by atoms with E-state index in [1.807, 2.05) is 4.90 Å². The molecular formula is C10H14N2OS. The predicted octanol–water partition coefficient (Wildman–Crippen LogP) is 1.12. The summed E-state index contributed by atoms with van der Waals surface area (Å²) < 4.78 is 0. The van der Waals surface area contributed by atoms with Gasteiger partial charge in [-0.05, 0) is 23.9 Å². The fourth-order valence-electron chi connectivity index (χ4n) is 1.72. The number of hydrogen-bond donors (Lipinski definition) is 1. The van der Waals surface area contributed by atoms with E-state index < -0.39 is 0 Å². The van der Waals surface area contributed by atoms with Crippen LogP contribution in [0.15, 0.2) is 11.4 Å². The van der Waals surface area contributed by atoms with E-state index in [4.69, 9.17) is 5.73 Å². The second-order valence-electron chi connectivity index (χ2n) is 3.83. The largest absolute Gasteiger partial charge is 0.336 e. The Balaban J connectivity index is 2.01. The standard InChI is InChI=1S/C10H14N2OS/c1-7-2-9(14-6-7)5-12-4-8(11)3-10(12)13/h2,6,8H,3-5,11H2,1H3. The first-order chi connectivity index (χ1) is 6.65. The number of nitrogens with zero attached hydrogens (tertiary/aromatic N) is 1. The van der Waals surface area contributed by atoms with Gasteiger partial charge in [-0.1, -0.05) is 0 Å². The van der Waals surface area contributed by atoms with Crippen LogP contribution in [-0.4, -0.2) is 23.4 Å². The van der Waals surface area contributed by atoms with Gasteiger partial charge in [0.1, 0.15) is 0 Å². The molecule has 1 aromatic rings. The fraction of sp³-hybridized carbons (Fsp3) is 0.500. The molecule has 1 aromatic heterocycles. The van der Waals surface area contributed by atoms with E-state index in [2.05, 4.69) is 18.4 Å². The van der Waals surface area contributed by atoms with Crippen molar-refractivity contribution in [1.29, 1.82) is 0 Å². The average Bonchev–Trinajstić information content (AvgIpc) is 2.61. The number of carbonyl (C=O) groups excluding carboxylic acids is 1. The maximum atomic E-state index is 11.4. The lowest BCUT2D eigenvalue weighted by atomic mass is 10.3. The summed E-state index contributed by atoms with van der Waals surface area (Å²) in [5, 5.41) is 2.11. The molecule has 76 valence electrons. The average molecular weight is 210 g/mol. The monoisotopic (exact) mass is 210 g/mol. The Kier molecular flexibility index (Phi) is 2.56. The molecule has 1 atom stereocenters. The quantitative estimate of drug-likeness (QED) is 0.795. The van der Waals surface area contributed by atoms with E-state index in [9.17, 15) is 4.79 Å². The molecular weight excluding hydrogens is 196 g/mol. The van der Waals surface area contributed by atoms with Crippen LogP contribution in [0.1, 0.15) is 16.9 Å². The second kappa shape index (κ2) is 3.71. The first-order valence-corrected chi connectivity index (χ1v) is 5.60. The summed E-state index contributed by atoms with van der Waals surface area (Å²) in [5.41, 5.74) is 6.98. The van der Waals surface area contributed by atoms with Crippen LogP contribution in [0.4, 0.5) is 0 Å². The molecule has 1 amide bonds. The van der Waals surface area contributed by atoms with Crippen molar-refractivity contribution in [2.24, 2.45) is 5.73 Å². The van der Waals surface area contributed by atoms with E-state index in [0.29, 0.717) is 13.0 Å². The Labute approximate surface area is 87.5 Å². The number of aryl methyl sites for hydroxylation is 1. The zero-order valence-corrected chi connectivity index (χ0v) is 9.01. The predicted molar refractivity (Wildman–Crippen MR) is 57.1 cm³/mol. The van der Waals surface area contributed by atoms with Crippen LogP contribution in [-0.2, 0) is 11.3 Å². The number of rotatable bonds is 2. The van der Waals surface area contributed by atoms with Crippen molar-refractivity contribution < 1.29 is 4.79 Å². The Morgan fingerprint density at radius 3 is 3.00 bits per heavy atom. The first-order valence-electron chi connectivity index (χ1n) is 4.72. The van der Waals surface area contributed by atoms with Crippen molar-refractivity contribution in [3.8, 4) is 0 Å². The number of likely N-dealkylation sites (tertiary alicyclic amines) is 1. The number of amides is 1. The highest BCUT2D eigenvalue weighted by molar-refractivity contribution is 7.10. The van der Waals surface area contributed by atoms with Crippen LogP contribution in [0, 0.1) is 6.92 Å². The summed E-state index contributed by atoms with van der Waals surface area (Å²) in [7, 11) is 0. The summed E-state index contributed by atoms with van der Waals surface area (Å²) in [6.45, 7) is 3.50. The van der Waals surface area contributed by atoms with E-state index in [-0.39, 0.29) is 11.9 Å². The molecule has 0 aromatic carbocycles. The highest BCUT2D eigenvalue weighted by atomic mass is 32.1. The third kappa shape index (κ3) is 1.96. The Bertz CT molecular complexity index is 348. The van der Waals surface area contributed by atoms with Crippen molar-refractivity contribution in [1.82, 2.24) is 4.90 Å². The third-order valence-electron chi connectivity index (χ3n) is 2.38. The van der Waals surface area contributed by atoms with Gasteiger partial charge in [0.05, 0.1) is 6.54 Å². The maximum absolute atomic E-state index is 11.4. The van der Waals surface area contributed by atoms with Crippen LogP contribution in [0.5, 0.6) is 0 Å². The molecule has 0 aliphatic carbocycles. The normalized spacial score (nSPS) is 22.0. The van der Waals surface area contributed by atoms with Crippen molar-refractivity contribution in [2.75, 3.05) is 6.54 Å². The van der Waals surface area contributed by atoms with Gasteiger partial charge in [0.25, 0.3) is 0 Å². The van der Waals surface area contributed by atoms with Gasteiger partial charge in [-0.25, -0.2) is 0 Å². The molecule has 4 heteroatoms. The number of thiophene rings is 1. The van der Waals surface area contributed by atoms with Gasteiger partial charge in [0.2, 0.25) is 5.91 Å². The third-order valence-corrected chi connectivity index (χ3v) is 3.42. The van der Waals surface area contributed by atoms with Crippen LogP contribution >= 0.6 is 11.3 Å². The molecule has 0 bridgehead atoms. The molecule has 2 rings (SSSR count). The summed E-state index contributed by atoms with van der Waals surface area (Å²) in [6, 6.07) is 2.16. The fourth-order valence-corrected chi connectivity index (χ4v) is 2.61. The SMILES string of the molecule is Cc1csc(CN2CC(N)CC2=O)c1. The van der Waals surface area contributed by atoms with Gasteiger partial charge in [-0.2, -0.15) is 0 Å². The van der Waals surface area contributed by atoms with Crippen LogP contribution in [0.3, 0.4) is 0 Å². The minimum atomic E-state index is 0.0311. The van der Waals surface area contributed by atoms with Crippen LogP contribution in [0.25, 0.3) is 0 Å². The molecule has 2 N–H and O–H groups in total. The zero-order chi connectivity index (χ0) is 10.1. The second-order valence-corrected chi connectivity index (χ2v) is 4.82. The summed E-state index contributed by atoms with van der Waals surface area (Å²) in [5.74, 6) is 0.184. The Morgan fingerprint density at radius 2 is 2.50 bits per heavy atom. The molecule has 2 heterocycles. The van der Waals surface area contributed by atoms with Crippen molar-refractivity contribution in [3.05, 3.63) is 21.9 Å². The van der Waals surface area contributed by atoms with Gasteiger partial charge in [-0.15, -0.1) is 11.3 Å². The maximum Gasteiger partial charge on any atom is 0.224 e. The lowest BCUT2D eigenvalue weighted by Gasteiger charge is -2.14. The molecule has 0 radical (unpaired) electrons.